The topological polar surface area (TPSA) is 66.5 Å². The number of hydrogen-bond acceptors (Lipinski definition) is 5. The number of sulfone groups is 1. The van der Waals surface area contributed by atoms with E-state index >= 15 is 0 Å². The van der Waals surface area contributed by atoms with E-state index in [4.69, 9.17) is 0 Å². The first-order valence-corrected chi connectivity index (χ1v) is 10.9. The molecule has 2 heterocycles. The van der Waals surface area contributed by atoms with Crippen LogP contribution in [-0.4, -0.2) is 49.9 Å². The van der Waals surface area contributed by atoms with Crippen LogP contribution in [0.2, 0.25) is 0 Å². The van der Waals surface area contributed by atoms with Crippen LogP contribution < -0.4 is 5.32 Å². The first-order chi connectivity index (χ1) is 10.9. The van der Waals surface area contributed by atoms with E-state index in [0.717, 1.165) is 24.3 Å². The number of nitrogens with zero attached hydrogens (tertiary/aromatic N) is 1. The van der Waals surface area contributed by atoms with E-state index in [1.807, 2.05) is 29.3 Å². The molecular formula is C16H26N2O3S2. The first kappa shape index (κ1) is 18.4. The maximum absolute atomic E-state index is 12.3. The van der Waals surface area contributed by atoms with E-state index in [1.54, 1.807) is 11.3 Å². The highest BCUT2D eigenvalue weighted by Gasteiger charge is 2.32. The number of carbonyl (C=O) groups is 1. The van der Waals surface area contributed by atoms with Crippen LogP contribution in [0.5, 0.6) is 0 Å². The van der Waals surface area contributed by atoms with Crippen molar-refractivity contribution in [2.45, 2.75) is 45.2 Å². The van der Waals surface area contributed by atoms with Gasteiger partial charge in [0.15, 0.2) is 9.84 Å². The van der Waals surface area contributed by atoms with Gasteiger partial charge in [-0.2, -0.15) is 0 Å². The minimum absolute atomic E-state index is 0.0113. The maximum atomic E-state index is 12.3. The Morgan fingerprint density at radius 1 is 1.52 bits per heavy atom. The van der Waals surface area contributed by atoms with E-state index in [0.29, 0.717) is 6.42 Å². The standard InChI is InChI=1S/C16H26N2O3S2/c1-3-4-8-18(14-7-10-23(20,21)12-14)11-16(19)17-13(2)15-6-5-9-22-15/h5-6,9,13-14H,3-4,7-8,10-12H2,1-2H3,(H,17,19). The molecule has 7 heteroatoms. The summed E-state index contributed by atoms with van der Waals surface area (Å²) in [6.45, 7) is 5.12. The van der Waals surface area contributed by atoms with Gasteiger partial charge in [0.05, 0.1) is 24.1 Å². The summed E-state index contributed by atoms with van der Waals surface area (Å²) < 4.78 is 23.4. The van der Waals surface area contributed by atoms with Crippen molar-refractivity contribution in [2.75, 3.05) is 24.6 Å². The van der Waals surface area contributed by atoms with Crippen molar-refractivity contribution in [3.8, 4) is 0 Å². The van der Waals surface area contributed by atoms with Gasteiger partial charge in [0.2, 0.25) is 5.91 Å². The van der Waals surface area contributed by atoms with E-state index in [-0.39, 0.29) is 36.0 Å². The summed E-state index contributed by atoms with van der Waals surface area (Å²) in [7, 11) is -2.93. The number of hydrogen-bond donors (Lipinski definition) is 1. The molecule has 0 saturated carbocycles. The fraction of sp³-hybridized carbons (Fsp3) is 0.688. The lowest BCUT2D eigenvalue weighted by Crippen LogP contribution is -2.44. The number of nitrogens with one attached hydrogen (secondary N) is 1. The molecule has 2 rings (SSSR count). The van der Waals surface area contributed by atoms with Crippen molar-refractivity contribution in [2.24, 2.45) is 0 Å². The number of rotatable bonds is 8. The molecule has 2 atom stereocenters. The van der Waals surface area contributed by atoms with Crippen LogP contribution in [0.15, 0.2) is 17.5 Å². The average Bonchev–Trinajstić information content (AvgIpc) is 3.12. The van der Waals surface area contributed by atoms with Gasteiger partial charge >= 0.3 is 0 Å². The molecule has 1 aromatic heterocycles. The van der Waals surface area contributed by atoms with Gasteiger partial charge in [-0.25, -0.2) is 8.42 Å². The van der Waals surface area contributed by atoms with Crippen LogP contribution in [0.4, 0.5) is 0 Å². The molecule has 1 aromatic rings. The predicted octanol–water partition coefficient (Wildman–Crippen LogP) is 2.21. The highest BCUT2D eigenvalue weighted by atomic mass is 32.2. The lowest BCUT2D eigenvalue weighted by molar-refractivity contribution is -0.123. The lowest BCUT2D eigenvalue weighted by Gasteiger charge is -2.27. The zero-order chi connectivity index (χ0) is 16.9. The van der Waals surface area contributed by atoms with Crippen LogP contribution >= 0.6 is 11.3 Å². The van der Waals surface area contributed by atoms with Gasteiger partial charge in [-0.05, 0) is 37.8 Å². The molecule has 0 aliphatic carbocycles. The molecule has 5 nitrogen and oxygen atoms in total. The van der Waals surface area contributed by atoms with Gasteiger partial charge in [-0.15, -0.1) is 11.3 Å². The summed E-state index contributed by atoms with van der Waals surface area (Å²) in [5.74, 6) is 0.393. The Morgan fingerprint density at radius 3 is 2.87 bits per heavy atom. The van der Waals surface area contributed by atoms with Crippen LogP contribution in [0, 0.1) is 0 Å². The monoisotopic (exact) mass is 358 g/mol. The lowest BCUT2D eigenvalue weighted by atomic mass is 10.2. The summed E-state index contributed by atoms with van der Waals surface area (Å²) in [6, 6.07) is 3.95. The van der Waals surface area contributed by atoms with Gasteiger partial charge in [-0.1, -0.05) is 19.4 Å². The van der Waals surface area contributed by atoms with Gasteiger partial charge in [0, 0.05) is 10.9 Å². The number of thiophene rings is 1. The molecule has 1 fully saturated rings. The molecule has 1 N–H and O–H groups in total. The number of unbranched alkanes of at least 4 members (excludes halogenated alkanes) is 1. The zero-order valence-electron chi connectivity index (χ0n) is 13.8. The third-order valence-electron chi connectivity index (χ3n) is 4.22. The van der Waals surface area contributed by atoms with Crippen LogP contribution in [-0.2, 0) is 14.6 Å². The maximum Gasteiger partial charge on any atom is 0.234 e. The van der Waals surface area contributed by atoms with Crippen molar-refractivity contribution in [1.82, 2.24) is 10.2 Å². The summed E-state index contributed by atoms with van der Waals surface area (Å²) in [4.78, 5) is 15.5. The van der Waals surface area contributed by atoms with Crippen molar-refractivity contribution >= 4 is 27.1 Å². The molecule has 0 bridgehead atoms. The molecule has 1 amide bonds. The molecule has 130 valence electrons. The minimum Gasteiger partial charge on any atom is -0.348 e. The highest BCUT2D eigenvalue weighted by Crippen LogP contribution is 2.20. The van der Waals surface area contributed by atoms with Gasteiger partial charge in [-0.3, -0.25) is 9.69 Å². The SMILES string of the molecule is CCCCN(CC(=O)NC(C)c1cccs1)C1CCS(=O)(=O)C1. The van der Waals surface area contributed by atoms with Crippen LogP contribution in [0.25, 0.3) is 0 Å². The molecule has 1 aliphatic heterocycles. The molecule has 1 saturated heterocycles. The Bertz CT molecular complexity index is 599. The minimum atomic E-state index is -2.93. The van der Waals surface area contributed by atoms with E-state index in [2.05, 4.69) is 12.2 Å². The molecule has 2 unspecified atom stereocenters. The van der Waals surface area contributed by atoms with Gasteiger partial charge in [0.25, 0.3) is 0 Å². The molecule has 0 spiro atoms. The predicted molar refractivity (Wildman–Crippen MR) is 94.4 cm³/mol. The number of carbonyl (C=O) groups excluding carboxylic acids is 1. The van der Waals surface area contributed by atoms with E-state index in [9.17, 15) is 13.2 Å². The smallest absolute Gasteiger partial charge is 0.234 e. The first-order valence-electron chi connectivity index (χ1n) is 8.18. The third-order valence-corrected chi connectivity index (χ3v) is 7.02. The quantitative estimate of drug-likeness (QED) is 0.774. The Morgan fingerprint density at radius 2 is 2.30 bits per heavy atom. The fourth-order valence-electron chi connectivity index (χ4n) is 2.90. The molecule has 0 radical (unpaired) electrons. The largest absolute Gasteiger partial charge is 0.348 e. The van der Waals surface area contributed by atoms with E-state index in [1.165, 1.54) is 0 Å². The molecule has 0 aromatic carbocycles. The molecular weight excluding hydrogens is 332 g/mol. The summed E-state index contributed by atoms with van der Waals surface area (Å²) in [6.07, 6.45) is 2.65. The van der Waals surface area contributed by atoms with Crippen molar-refractivity contribution in [3.05, 3.63) is 22.4 Å². The Balaban J connectivity index is 1.92. The van der Waals surface area contributed by atoms with Gasteiger partial charge in [0.1, 0.15) is 0 Å². The number of amides is 1. The summed E-state index contributed by atoms with van der Waals surface area (Å²) in [5, 5.41) is 5.01. The van der Waals surface area contributed by atoms with Crippen molar-refractivity contribution in [1.29, 1.82) is 0 Å². The molecule has 23 heavy (non-hydrogen) atoms. The Kier molecular flexibility index (Phi) is 6.61. The van der Waals surface area contributed by atoms with Crippen LogP contribution in [0.1, 0.15) is 44.0 Å². The summed E-state index contributed by atoms with van der Waals surface area (Å²) >= 11 is 1.62. The van der Waals surface area contributed by atoms with Crippen molar-refractivity contribution in [3.63, 3.8) is 0 Å². The summed E-state index contributed by atoms with van der Waals surface area (Å²) in [5.41, 5.74) is 0. The van der Waals surface area contributed by atoms with Crippen molar-refractivity contribution < 1.29 is 13.2 Å². The Labute approximate surface area is 143 Å². The second-order valence-electron chi connectivity index (χ2n) is 6.19. The highest BCUT2D eigenvalue weighted by molar-refractivity contribution is 7.91. The Hall–Kier alpha value is -0.920. The normalized spacial score (nSPS) is 21.4. The molecule has 1 aliphatic rings. The van der Waals surface area contributed by atoms with Gasteiger partial charge < -0.3 is 5.32 Å². The fourth-order valence-corrected chi connectivity index (χ4v) is 5.39. The average molecular weight is 359 g/mol. The van der Waals surface area contributed by atoms with Crippen LogP contribution in [0.3, 0.4) is 0 Å². The second kappa shape index (κ2) is 8.26. The third kappa shape index (κ3) is 5.58. The second-order valence-corrected chi connectivity index (χ2v) is 9.39. The van der Waals surface area contributed by atoms with E-state index < -0.39 is 9.84 Å². The zero-order valence-corrected chi connectivity index (χ0v) is 15.5.